The van der Waals surface area contributed by atoms with Crippen molar-refractivity contribution in [3.8, 4) is 0 Å². The molecule has 0 radical (unpaired) electrons. The molecule has 2 fully saturated rings. The summed E-state index contributed by atoms with van der Waals surface area (Å²) in [6.45, 7) is 18.7. The minimum Gasteiger partial charge on any atom is -0.480 e. The Labute approximate surface area is 303 Å². The quantitative estimate of drug-likeness (QED) is 0.391. The fourth-order valence-electron chi connectivity index (χ4n) is 4.55. The zero-order valence-corrected chi connectivity index (χ0v) is 31.8. The maximum absolute atomic E-state index is 12.9. The summed E-state index contributed by atoms with van der Waals surface area (Å²) in [6, 6.07) is 0. The minimum atomic E-state index is -3.64. The molecule has 2 aromatic heterocycles. The van der Waals surface area contributed by atoms with Gasteiger partial charge in [-0.25, -0.2) is 16.8 Å². The molecule has 3 N–H and O–H groups in total. The molecule has 2 saturated heterocycles. The minimum absolute atomic E-state index is 0. The van der Waals surface area contributed by atoms with Crippen molar-refractivity contribution in [2.45, 2.75) is 147 Å². The van der Waals surface area contributed by atoms with E-state index in [0.717, 1.165) is 0 Å². The summed E-state index contributed by atoms with van der Waals surface area (Å²) in [5.74, 6) is -1.25. The van der Waals surface area contributed by atoms with Crippen molar-refractivity contribution in [1.82, 2.24) is 40.4 Å². The molecular formula is C31H61N9O9S2. The van der Waals surface area contributed by atoms with Crippen molar-refractivity contribution in [3.05, 3.63) is 5.82 Å². The summed E-state index contributed by atoms with van der Waals surface area (Å²) < 4.78 is 56.8. The van der Waals surface area contributed by atoms with Crippen molar-refractivity contribution in [2.75, 3.05) is 32.2 Å². The predicted molar refractivity (Wildman–Crippen MR) is 194 cm³/mol. The number of hydrogen-bond donors (Lipinski definition) is 2. The Hall–Kier alpha value is -3.10. The largest absolute Gasteiger partial charge is 0.480 e. The summed E-state index contributed by atoms with van der Waals surface area (Å²) in [6.07, 6.45) is 1.48. The number of carbonyl (C=O) groups is 2. The molecule has 0 aromatic carbocycles. The van der Waals surface area contributed by atoms with E-state index < -0.39 is 51.4 Å². The molecule has 0 amide bonds. The van der Waals surface area contributed by atoms with Crippen molar-refractivity contribution in [3.63, 3.8) is 0 Å². The second-order valence-corrected chi connectivity index (χ2v) is 20.5. The molecule has 2 aliphatic heterocycles. The van der Waals surface area contributed by atoms with Gasteiger partial charge in [0.1, 0.15) is 4.75 Å². The Morgan fingerprint density at radius 2 is 1.08 bits per heavy atom. The monoisotopic (exact) mass is 767 g/mol. The van der Waals surface area contributed by atoms with Gasteiger partial charge in [-0.2, -0.15) is 9.59 Å². The lowest BCUT2D eigenvalue weighted by Crippen LogP contribution is -2.48. The fraction of sp³-hybridized carbons (Fsp3) is 0.871. The summed E-state index contributed by atoms with van der Waals surface area (Å²) >= 11 is 0. The molecule has 2 aliphatic rings. The molecule has 0 aliphatic carbocycles. The van der Waals surface area contributed by atoms with Gasteiger partial charge in [-0.15, -0.1) is 15.3 Å². The molecule has 0 atom stereocenters. The van der Waals surface area contributed by atoms with E-state index in [2.05, 4.69) is 30.8 Å². The zero-order valence-electron chi connectivity index (χ0n) is 30.2. The van der Waals surface area contributed by atoms with Gasteiger partial charge in [-0.1, -0.05) is 20.0 Å². The van der Waals surface area contributed by atoms with Gasteiger partial charge in [0.25, 0.3) is 5.95 Å². The average molecular weight is 768 g/mol. The molecule has 0 unspecified atom stereocenters. The smallest absolute Gasteiger partial charge is 0.324 e. The standard InChI is InChI=1S/C15H26N4O4S.C9H16O5S.C5H11N5.2CH4/c1-14(2,3)19-17-13(16-18-19)10-12(20)15(4,5)24(21,22)11-6-8-23-9-7-11;1-9(2,8(10)11)15(12,13)7-3-5-14-6-4-7;1-5(2,3)10-8-4(6)7-9-10;;/h11H,6-10H2,1-5H3;7H,3-6H2,1-2H3,(H,10,11);1-3H3,(H2,6,8);2*1H4. The molecule has 51 heavy (non-hydrogen) atoms. The highest BCUT2D eigenvalue weighted by Crippen LogP contribution is 2.29. The number of aromatic nitrogens is 8. The number of aliphatic carboxylic acids is 1. The number of nitrogens with zero attached hydrogens (tertiary/aromatic N) is 8. The highest BCUT2D eigenvalue weighted by molar-refractivity contribution is 7.94. The maximum Gasteiger partial charge on any atom is 0.324 e. The van der Waals surface area contributed by atoms with Crippen LogP contribution in [0, 0.1) is 0 Å². The summed E-state index contributed by atoms with van der Waals surface area (Å²) in [4.78, 5) is 26.5. The predicted octanol–water partition coefficient (Wildman–Crippen LogP) is 2.64. The first-order valence-electron chi connectivity index (χ1n) is 16.0. The third-order valence-corrected chi connectivity index (χ3v) is 14.2. The second-order valence-electron chi connectivity index (χ2n) is 14.9. The number of tetrazole rings is 2. The SMILES string of the molecule is C.C.CC(C)(C(=O)O)S(=O)(=O)C1CCOCC1.CC(C)(C)n1nnc(CC(=O)C(C)(C)S(=O)(=O)C2CCOCC2)n1.CC(C)(C)n1nnc(N)n1. The van der Waals surface area contributed by atoms with Crippen LogP contribution in [0.1, 0.15) is 116 Å². The molecule has 296 valence electrons. The van der Waals surface area contributed by atoms with Crippen molar-refractivity contribution >= 4 is 37.4 Å². The van der Waals surface area contributed by atoms with Crippen LogP contribution in [0.3, 0.4) is 0 Å². The molecule has 0 spiro atoms. The Kier molecular flexibility index (Phi) is 17.0. The molecular weight excluding hydrogens is 707 g/mol. The Morgan fingerprint density at radius 3 is 1.39 bits per heavy atom. The first-order chi connectivity index (χ1) is 22.3. The molecule has 4 rings (SSSR count). The number of nitrogen functional groups attached to an aromatic ring is 1. The van der Waals surface area contributed by atoms with Gasteiger partial charge in [-0.3, -0.25) is 9.59 Å². The van der Waals surface area contributed by atoms with Crippen molar-refractivity contribution < 1.29 is 41.0 Å². The van der Waals surface area contributed by atoms with E-state index in [1.807, 2.05) is 41.5 Å². The van der Waals surface area contributed by atoms with E-state index in [1.54, 1.807) is 0 Å². The van der Waals surface area contributed by atoms with Gasteiger partial charge in [0.15, 0.2) is 36.0 Å². The van der Waals surface area contributed by atoms with Gasteiger partial charge < -0.3 is 20.3 Å². The topological polar surface area (TPSA) is 254 Å². The number of sulfone groups is 2. The molecule has 4 heterocycles. The lowest BCUT2D eigenvalue weighted by molar-refractivity contribution is -0.139. The number of rotatable bonds is 8. The zero-order chi connectivity index (χ0) is 37.6. The van der Waals surface area contributed by atoms with Gasteiger partial charge in [-0.05, 0) is 105 Å². The molecule has 18 nitrogen and oxygen atoms in total. The Morgan fingerprint density at radius 1 is 0.706 bits per heavy atom. The molecule has 20 heteroatoms. The number of ketones is 1. The number of carboxylic acid groups (broad SMARTS) is 1. The van der Waals surface area contributed by atoms with Crippen LogP contribution < -0.4 is 5.73 Å². The normalized spacial score (nSPS) is 16.7. The number of hydrogen-bond acceptors (Lipinski definition) is 15. The van der Waals surface area contributed by atoms with Crippen LogP contribution in [0.2, 0.25) is 0 Å². The molecule has 0 saturated carbocycles. The lowest BCUT2D eigenvalue weighted by atomic mass is 10.1. The Bertz CT molecular complexity index is 1630. The highest BCUT2D eigenvalue weighted by atomic mass is 32.2. The van der Waals surface area contributed by atoms with E-state index in [-0.39, 0.29) is 44.1 Å². The van der Waals surface area contributed by atoms with Crippen molar-refractivity contribution in [2.24, 2.45) is 0 Å². The number of carbonyl (C=O) groups excluding carboxylic acids is 1. The van der Waals surface area contributed by atoms with Crippen molar-refractivity contribution in [1.29, 1.82) is 0 Å². The van der Waals surface area contributed by atoms with Crippen LogP contribution in [0.5, 0.6) is 0 Å². The van der Waals surface area contributed by atoms with Crippen LogP contribution in [0.4, 0.5) is 5.95 Å². The van der Waals surface area contributed by atoms with E-state index in [0.29, 0.717) is 52.1 Å². The fourth-order valence-corrected chi connectivity index (χ4v) is 8.48. The highest BCUT2D eigenvalue weighted by Gasteiger charge is 2.47. The number of carboxylic acids is 1. The third kappa shape index (κ3) is 12.0. The maximum atomic E-state index is 12.9. The second kappa shape index (κ2) is 18.1. The van der Waals surface area contributed by atoms with E-state index in [9.17, 15) is 26.4 Å². The summed E-state index contributed by atoms with van der Waals surface area (Å²) in [5, 5.41) is 30.9. The lowest BCUT2D eigenvalue weighted by Gasteiger charge is -2.30. The number of Topliss-reactive ketones (excluding diaryl/α,β-unsaturated/α-hetero) is 1. The van der Waals surface area contributed by atoms with Crippen LogP contribution in [0.25, 0.3) is 0 Å². The number of anilines is 1. The van der Waals surface area contributed by atoms with E-state index in [4.69, 9.17) is 20.3 Å². The summed E-state index contributed by atoms with van der Waals surface area (Å²) in [7, 11) is -7.26. The van der Waals surface area contributed by atoms with Gasteiger partial charge in [0.2, 0.25) is 0 Å². The van der Waals surface area contributed by atoms with Gasteiger partial charge >= 0.3 is 5.97 Å². The first-order valence-corrected chi connectivity index (χ1v) is 19.1. The van der Waals surface area contributed by atoms with E-state index >= 15 is 0 Å². The average Bonchev–Trinajstić information content (AvgIpc) is 3.68. The molecule has 0 bridgehead atoms. The number of ether oxygens (including phenoxy) is 2. The Balaban J connectivity index is 0.000000793. The van der Waals surface area contributed by atoms with Crippen LogP contribution in [-0.4, -0.2) is 121 Å². The van der Waals surface area contributed by atoms with Gasteiger partial charge in [0.05, 0.1) is 28.0 Å². The number of nitrogens with two attached hydrogens (primary N) is 1. The van der Waals surface area contributed by atoms with Crippen LogP contribution in [-0.2, 0) is 56.2 Å². The molecule has 2 aromatic rings. The summed E-state index contributed by atoms with van der Waals surface area (Å²) in [5.41, 5.74) is 4.79. The first kappa shape index (κ1) is 47.9. The van der Waals surface area contributed by atoms with Crippen LogP contribution in [0.15, 0.2) is 0 Å². The third-order valence-electron chi connectivity index (χ3n) is 8.23. The van der Waals surface area contributed by atoms with Crippen LogP contribution >= 0.6 is 0 Å². The van der Waals surface area contributed by atoms with Gasteiger partial charge in [0, 0.05) is 26.4 Å². The van der Waals surface area contributed by atoms with E-state index in [1.165, 1.54) is 37.3 Å².